The van der Waals surface area contributed by atoms with Gasteiger partial charge in [0.15, 0.2) is 0 Å². The maximum absolute atomic E-state index is 12.4. The molecule has 0 saturated heterocycles. The molecule has 3 N–H and O–H groups in total. The minimum Gasteiger partial charge on any atom is -0.396 e. The van der Waals surface area contributed by atoms with Crippen molar-refractivity contribution in [2.75, 3.05) is 23.7 Å². The lowest BCUT2D eigenvalue weighted by Gasteiger charge is -2.11. The number of pyridine rings is 1. The van der Waals surface area contributed by atoms with Crippen LogP contribution < -0.4 is 10.0 Å². The van der Waals surface area contributed by atoms with E-state index in [9.17, 15) is 8.42 Å². The zero-order valence-electron chi connectivity index (χ0n) is 11.6. The average Bonchev–Trinajstić information content (AvgIpc) is 2.49. The van der Waals surface area contributed by atoms with Crippen LogP contribution in [-0.2, 0) is 16.4 Å². The Morgan fingerprint density at radius 3 is 2.52 bits per heavy atom. The van der Waals surface area contributed by atoms with Crippen LogP contribution in [0.4, 0.5) is 11.5 Å². The van der Waals surface area contributed by atoms with E-state index in [1.165, 1.54) is 12.3 Å². The summed E-state index contributed by atoms with van der Waals surface area (Å²) in [6.07, 6.45) is 2.06. The van der Waals surface area contributed by atoms with Gasteiger partial charge in [0.25, 0.3) is 10.0 Å². The standard InChI is InChI=1S/C14H17N3O3S/c1-15-14-13(3-2-9-16-14)21(19,20)17-12-6-4-11(5-7-12)8-10-18/h2-7,9,17-18H,8,10H2,1H3,(H,15,16). The second-order valence-corrected chi connectivity index (χ2v) is 6.03. The Morgan fingerprint density at radius 2 is 1.90 bits per heavy atom. The van der Waals surface area contributed by atoms with Crippen molar-refractivity contribution in [1.29, 1.82) is 0 Å². The Balaban J connectivity index is 2.24. The largest absolute Gasteiger partial charge is 0.396 e. The van der Waals surface area contributed by atoms with Crippen LogP contribution in [0, 0.1) is 0 Å². The Labute approximate surface area is 123 Å². The molecule has 0 spiro atoms. The molecule has 0 fully saturated rings. The molecule has 0 aliphatic heterocycles. The molecule has 1 aromatic heterocycles. The summed E-state index contributed by atoms with van der Waals surface area (Å²) in [5, 5.41) is 11.6. The topological polar surface area (TPSA) is 91.3 Å². The Kier molecular flexibility index (Phi) is 4.77. The lowest BCUT2D eigenvalue weighted by atomic mass is 10.1. The van der Waals surface area contributed by atoms with Gasteiger partial charge in [-0.3, -0.25) is 4.72 Å². The van der Waals surface area contributed by atoms with Gasteiger partial charge in [-0.05, 0) is 36.2 Å². The monoisotopic (exact) mass is 307 g/mol. The Hall–Kier alpha value is -2.12. The zero-order chi connectivity index (χ0) is 15.3. The van der Waals surface area contributed by atoms with Gasteiger partial charge in [0, 0.05) is 25.5 Å². The molecular formula is C14H17N3O3S. The first-order chi connectivity index (χ1) is 10.1. The summed E-state index contributed by atoms with van der Waals surface area (Å²) in [5.41, 5.74) is 1.40. The fourth-order valence-corrected chi connectivity index (χ4v) is 3.10. The summed E-state index contributed by atoms with van der Waals surface area (Å²) >= 11 is 0. The first-order valence-corrected chi connectivity index (χ1v) is 7.90. The van der Waals surface area contributed by atoms with E-state index in [-0.39, 0.29) is 11.5 Å². The molecule has 0 atom stereocenters. The summed E-state index contributed by atoms with van der Waals surface area (Å²) in [5.74, 6) is 0.293. The number of aliphatic hydroxyl groups excluding tert-OH is 1. The third-order valence-corrected chi connectivity index (χ3v) is 4.32. The van der Waals surface area contributed by atoms with Gasteiger partial charge in [-0.15, -0.1) is 0 Å². The highest BCUT2D eigenvalue weighted by molar-refractivity contribution is 7.92. The fraction of sp³-hybridized carbons (Fsp3) is 0.214. The van der Waals surface area contributed by atoms with Gasteiger partial charge in [0.05, 0.1) is 0 Å². The highest BCUT2D eigenvalue weighted by Crippen LogP contribution is 2.21. The van der Waals surface area contributed by atoms with Crippen molar-refractivity contribution in [3.05, 3.63) is 48.2 Å². The molecule has 0 amide bonds. The highest BCUT2D eigenvalue weighted by Gasteiger charge is 2.18. The number of hydrogen-bond donors (Lipinski definition) is 3. The molecule has 0 bridgehead atoms. The summed E-state index contributed by atoms with van der Waals surface area (Å²) in [6, 6.07) is 9.93. The van der Waals surface area contributed by atoms with Gasteiger partial charge in [0.1, 0.15) is 10.7 Å². The number of nitrogens with one attached hydrogen (secondary N) is 2. The van der Waals surface area contributed by atoms with Crippen molar-refractivity contribution >= 4 is 21.5 Å². The highest BCUT2D eigenvalue weighted by atomic mass is 32.2. The van der Waals surface area contributed by atoms with Gasteiger partial charge in [-0.2, -0.15) is 0 Å². The van der Waals surface area contributed by atoms with E-state index >= 15 is 0 Å². The van der Waals surface area contributed by atoms with Crippen LogP contribution in [0.25, 0.3) is 0 Å². The summed E-state index contributed by atoms with van der Waals surface area (Å²) in [4.78, 5) is 4.08. The predicted octanol–water partition coefficient (Wildman–Crippen LogP) is 1.46. The molecule has 0 unspecified atom stereocenters. The summed E-state index contributed by atoms with van der Waals surface area (Å²) in [6.45, 7) is 0.0618. The van der Waals surface area contributed by atoms with Gasteiger partial charge < -0.3 is 10.4 Å². The number of aliphatic hydroxyl groups is 1. The molecule has 112 valence electrons. The number of rotatable bonds is 6. The Morgan fingerprint density at radius 1 is 1.19 bits per heavy atom. The van der Waals surface area contributed by atoms with E-state index in [0.717, 1.165) is 5.56 Å². The minimum absolute atomic E-state index is 0.0618. The normalized spacial score (nSPS) is 11.1. The van der Waals surface area contributed by atoms with E-state index in [0.29, 0.717) is 17.9 Å². The molecular weight excluding hydrogens is 290 g/mol. The van der Waals surface area contributed by atoms with E-state index < -0.39 is 10.0 Å². The SMILES string of the molecule is CNc1ncccc1S(=O)(=O)Nc1ccc(CCO)cc1. The summed E-state index contributed by atoms with van der Waals surface area (Å²) < 4.78 is 27.2. The van der Waals surface area contributed by atoms with Crippen molar-refractivity contribution in [1.82, 2.24) is 4.98 Å². The van der Waals surface area contributed by atoms with Crippen LogP contribution in [0.2, 0.25) is 0 Å². The molecule has 1 heterocycles. The number of sulfonamides is 1. The average molecular weight is 307 g/mol. The van der Waals surface area contributed by atoms with Crippen molar-refractivity contribution in [3.63, 3.8) is 0 Å². The fourth-order valence-electron chi connectivity index (χ4n) is 1.87. The van der Waals surface area contributed by atoms with E-state index in [4.69, 9.17) is 5.11 Å². The predicted molar refractivity (Wildman–Crippen MR) is 81.8 cm³/mol. The van der Waals surface area contributed by atoms with Crippen molar-refractivity contribution in [2.24, 2.45) is 0 Å². The zero-order valence-corrected chi connectivity index (χ0v) is 12.4. The quantitative estimate of drug-likeness (QED) is 0.751. The van der Waals surface area contributed by atoms with E-state index in [1.54, 1.807) is 37.4 Å². The van der Waals surface area contributed by atoms with Crippen molar-refractivity contribution < 1.29 is 13.5 Å². The van der Waals surface area contributed by atoms with Gasteiger partial charge in [-0.25, -0.2) is 13.4 Å². The Bertz CT molecular complexity index is 700. The number of hydrogen-bond acceptors (Lipinski definition) is 5. The van der Waals surface area contributed by atoms with Crippen LogP contribution in [0.5, 0.6) is 0 Å². The number of benzene rings is 1. The third-order valence-electron chi connectivity index (χ3n) is 2.90. The maximum Gasteiger partial charge on any atom is 0.265 e. The minimum atomic E-state index is -3.71. The molecule has 0 aliphatic rings. The number of anilines is 2. The molecule has 2 aromatic rings. The molecule has 21 heavy (non-hydrogen) atoms. The third kappa shape index (κ3) is 3.71. The lowest BCUT2D eigenvalue weighted by Crippen LogP contribution is -2.15. The van der Waals surface area contributed by atoms with Crippen molar-refractivity contribution in [2.45, 2.75) is 11.3 Å². The molecule has 6 nitrogen and oxygen atoms in total. The van der Waals surface area contributed by atoms with Gasteiger partial charge in [0.2, 0.25) is 0 Å². The molecule has 7 heteroatoms. The van der Waals surface area contributed by atoms with Crippen molar-refractivity contribution in [3.8, 4) is 0 Å². The van der Waals surface area contributed by atoms with Crippen LogP contribution >= 0.6 is 0 Å². The first-order valence-electron chi connectivity index (χ1n) is 6.42. The van der Waals surface area contributed by atoms with Crippen LogP contribution in [-0.4, -0.2) is 32.2 Å². The van der Waals surface area contributed by atoms with Gasteiger partial charge >= 0.3 is 0 Å². The van der Waals surface area contributed by atoms with E-state index in [2.05, 4.69) is 15.0 Å². The molecule has 0 aliphatic carbocycles. The van der Waals surface area contributed by atoms with Crippen LogP contribution in [0.15, 0.2) is 47.5 Å². The van der Waals surface area contributed by atoms with E-state index in [1.807, 2.05) is 0 Å². The lowest BCUT2D eigenvalue weighted by molar-refractivity contribution is 0.299. The number of aromatic nitrogens is 1. The van der Waals surface area contributed by atoms with Gasteiger partial charge in [-0.1, -0.05) is 12.1 Å². The smallest absolute Gasteiger partial charge is 0.265 e. The second kappa shape index (κ2) is 6.55. The van der Waals surface area contributed by atoms with Crippen LogP contribution in [0.1, 0.15) is 5.56 Å². The number of nitrogens with zero attached hydrogens (tertiary/aromatic N) is 1. The van der Waals surface area contributed by atoms with Crippen LogP contribution in [0.3, 0.4) is 0 Å². The maximum atomic E-state index is 12.4. The summed E-state index contributed by atoms with van der Waals surface area (Å²) in [7, 11) is -2.09. The molecule has 1 aromatic carbocycles. The molecule has 0 radical (unpaired) electrons. The molecule has 0 saturated carbocycles. The second-order valence-electron chi connectivity index (χ2n) is 4.38. The molecule has 2 rings (SSSR count). The first kappa shape index (κ1) is 15.3.